The van der Waals surface area contributed by atoms with Gasteiger partial charge in [0.1, 0.15) is 24.0 Å². The molecule has 2 aromatic rings. The van der Waals surface area contributed by atoms with Gasteiger partial charge in [-0.25, -0.2) is 0 Å². The molecule has 3 rings (SSSR count). The van der Waals surface area contributed by atoms with Gasteiger partial charge in [-0.2, -0.15) is 5.26 Å². The molecule has 1 amide bonds. The molecule has 1 aliphatic heterocycles. The Morgan fingerprint density at radius 3 is 2.52 bits per heavy atom. The van der Waals surface area contributed by atoms with Crippen molar-refractivity contribution in [1.29, 1.82) is 5.26 Å². The van der Waals surface area contributed by atoms with Crippen LogP contribution in [0.4, 0.5) is 5.69 Å². The standard InChI is InChI=1S/C25H28ClN3O4/c1-31-22-9-7-20(26)16-21(22)28-25(30)19(17-27)14-18-6-8-23(24(15-18)32-2)33-13-12-29-10-4-3-5-11-29/h6-9,14-16H,3-5,10-13H2,1-2H3,(H,28,30). The van der Waals surface area contributed by atoms with Crippen LogP contribution in [0.1, 0.15) is 24.8 Å². The summed E-state index contributed by atoms with van der Waals surface area (Å²) >= 11 is 6.01. The summed E-state index contributed by atoms with van der Waals surface area (Å²) in [6.45, 7) is 3.67. The normalized spacial score (nSPS) is 14.3. The Kier molecular flexibility index (Phi) is 8.99. The first kappa shape index (κ1) is 24.4. The van der Waals surface area contributed by atoms with Gasteiger partial charge in [0.15, 0.2) is 11.5 Å². The highest BCUT2D eigenvalue weighted by molar-refractivity contribution is 6.31. The quantitative estimate of drug-likeness (QED) is 0.420. The van der Waals surface area contributed by atoms with Gasteiger partial charge >= 0.3 is 0 Å². The SMILES string of the molecule is COc1ccc(Cl)cc1NC(=O)C(C#N)=Cc1ccc(OCCN2CCCCC2)c(OC)c1. The van der Waals surface area contributed by atoms with Crippen LogP contribution in [0.2, 0.25) is 5.02 Å². The van der Waals surface area contributed by atoms with E-state index in [2.05, 4.69) is 10.2 Å². The van der Waals surface area contributed by atoms with E-state index in [-0.39, 0.29) is 5.57 Å². The number of piperidine rings is 1. The molecule has 1 aliphatic rings. The molecule has 174 valence electrons. The zero-order chi connectivity index (χ0) is 23.6. The number of nitriles is 1. The van der Waals surface area contributed by atoms with Crippen LogP contribution < -0.4 is 19.5 Å². The van der Waals surface area contributed by atoms with E-state index in [0.29, 0.717) is 40.1 Å². The van der Waals surface area contributed by atoms with E-state index in [1.54, 1.807) is 43.5 Å². The summed E-state index contributed by atoms with van der Waals surface area (Å²) in [7, 11) is 3.05. The average Bonchev–Trinajstić information content (AvgIpc) is 2.83. The summed E-state index contributed by atoms with van der Waals surface area (Å²) in [4.78, 5) is 15.1. The van der Waals surface area contributed by atoms with Crippen molar-refractivity contribution in [3.05, 3.63) is 52.6 Å². The molecule has 0 radical (unpaired) electrons. The first-order valence-electron chi connectivity index (χ1n) is 10.8. The zero-order valence-electron chi connectivity index (χ0n) is 18.9. The van der Waals surface area contributed by atoms with Crippen molar-refractivity contribution in [2.75, 3.05) is 45.8 Å². The number of carbonyl (C=O) groups excluding carboxylic acids is 1. The maximum absolute atomic E-state index is 12.7. The Morgan fingerprint density at radius 1 is 1.09 bits per heavy atom. The number of nitrogens with one attached hydrogen (secondary N) is 1. The third-order valence-corrected chi connectivity index (χ3v) is 5.62. The predicted octanol–water partition coefficient (Wildman–Crippen LogP) is 4.77. The van der Waals surface area contributed by atoms with Crippen LogP contribution >= 0.6 is 11.6 Å². The molecule has 1 saturated heterocycles. The highest BCUT2D eigenvalue weighted by atomic mass is 35.5. The summed E-state index contributed by atoms with van der Waals surface area (Å²) in [6, 6.07) is 12.1. The van der Waals surface area contributed by atoms with Crippen LogP contribution in [0.15, 0.2) is 42.0 Å². The van der Waals surface area contributed by atoms with Crippen LogP contribution in [-0.4, -0.2) is 51.3 Å². The van der Waals surface area contributed by atoms with Gasteiger partial charge in [0.25, 0.3) is 5.91 Å². The predicted molar refractivity (Wildman–Crippen MR) is 129 cm³/mol. The lowest BCUT2D eigenvalue weighted by Gasteiger charge is -2.26. The van der Waals surface area contributed by atoms with Gasteiger partial charge in [0.2, 0.25) is 0 Å². The summed E-state index contributed by atoms with van der Waals surface area (Å²) in [6.07, 6.45) is 5.27. The lowest BCUT2D eigenvalue weighted by Crippen LogP contribution is -2.33. The molecule has 0 aromatic heterocycles. The van der Waals surface area contributed by atoms with Gasteiger partial charge in [0.05, 0.1) is 19.9 Å². The molecule has 1 fully saturated rings. The second-order valence-corrected chi connectivity index (χ2v) is 8.07. The number of methoxy groups -OCH3 is 2. The van der Waals surface area contributed by atoms with E-state index in [9.17, 15) is 10.1 Å². The van der Waals surface area contributed by atoms with Crippen molar-refractivity contribution >= 4 is 29.3 Å². The Morgan fingerprint density at radius 2 is 1.82 bits per heavy atom. The molecule has 1 heterocycles. The molecule has 33 heavy (non-hydrogen) atoms. The Balaban J connectivity index is 1.69. The minimum atomic E-state index is -0.570. The van der Waals surface area contributed by atoms with Crippen molar-refractivity contribution in [2.45, 2.75) is 19.3 Å². The molecule has 0 spiro atoms. The number of amides is 1. The second kappa shape index (κ2) is 12.1. The molecule has 2 aromatic carbocycles. The van der Waals surface area contributed by atoms with Gasteiger partial charge in [0, 0.05) is 11.6 Å². The maximum Gasteiger partial charge on any atom is 0.266 e. The van der Waals surface area contributed by atoms with Gasteiger partial charge in [-0.3, -0.25) is 9.69 Å². The van der Waals surface area contributed by atoms with Gasteiger partial charge in [-0.1, -0.05) is 24.1 Å². The number of anilines is 1. The number of nitrogens with zero attached hydrogens (tertiary/aromatic N) is 2. The average molecular weight is 470 g/mol. The lowest BCUT2D eigenvalue weighted by atomic mass is 10.1. The first-order valence-corrected chi connectivity index (χ1v) is 11.2. The van der Waals surface area contributed by atoms with E-state index in [1.165, 1.54) is 32.4 Å². The zero-order valence-corrected chi connectivity index (χ0v) is 19.7. The number of rotatable bonds is 9. The number of benzene rings is 2. The number of hydrogen-bond donors (Lipinski definition) is 1. The van der Waals surface area contributed by atoms with Crippen molar-refractivity contribution < 1.29 is 19.0 Å². The molecule has 1 N–H and O–H groups in total. The molecule has 7 nitrogen and oxygen atoms in total. The third-order valence-electron chi connectivity index (χ3n) is 5.39. The van der Waals surface area contributed by atoms with E-state index in [0.717, 1.165) is 19.6 Å². The number of halogens is 1. The van der Waals surface area contributed by atoms with Gasteiger partial charge in [-0.15, -0.1) is 0 Å². The lowest BCUT2D eigenvalue weighted by molar-refractivity contribution is -0.112. The van der Waals surface area contributed by atoms with Crippen molar-refractivity contribution in [2.24, 2.45) is 0 Å². The molecule has 0 atom stereocenters. The van der Waals surface area contributed by atoms with Gasteiger partial charge in [-0.05, 0) is 67.9 Å². The van der Waals surface area contributed by atoms with Crippen LogP contribution in [-0.2, 0) is 4.79 Å². The molecular weight excluding hydrogens is 442 g/mol. The molecule has 0 unspecified atom stereocenters. The fourth-order valence-electron chi connectivity index (χ4n) is 3.64. The maximum atomic E-state index is 12.7. The summed E-state index contributed by atoms with van der Waals surface area (Å²) in [5.41, 5.74) is 0.948. The number of ether oxygens (including phenoxy) is 3. The molecule has 0 bridgehead atoms. The number of carbonyl (C=O) groups is 1. The fourth-order valence-corrected chi connectivity index (χ4v) is 3.82. The molecule has 0 aliphatic carbocycles. The monoisotopic (exact) mass is 469 g/mol. The van der Waals surface area contributed by atoms with Crippen LogP contribution in [0.3, 0.4) is 0 Å². The Bertz CT molecular complexity index is 1040. The highest BCUT2D eigenvalue weighted by Crippen LogP contribution is 2.30. The Labute approximate surface area is 199 Å². The largest absolute Gasteiger partial charge is 0.495 e. The third kappa shape index (κ3) is 6.88. The van der Waals surface area contributed by atoms with Crippen LogP contribution in [0.25, 0.3) is 6.08 Å². The van der Waals surface area contributed by atoms with Crippen molar-refractivity contribution in [3.8, 4) is 23.3 Å². The topological polar surface area (TPSA) is 83.8 Å². The van der Waals surface area contributed by atoms with Gasteiger partial charge < -0.3 is 19.5 Å². The molecule has 0 saturated carbocycles. The molecular formula is C25H28ClN3O4. The van der Waals surface area contributed by atoms with Crippen LogP contribution in [0, 0.1) is 11.3 Å². The van der Waals surface area contributed by atoms with E-state index >= 15 is 0 Å². The van der Waals surface area contributed by atoms with Crippen LogP contribution in [0.5, 0.6) is 17.2 Å². The summed E-state index contributed by atoms with van der Waals surface area (Å²) in [5, 5.41) is 12.7. The minimum absolute atomic E-state index is 0.0714. The smallest absolute Gasteiger partial charge is 0.266 e. The number of hydrogen-bond acceptors (Lipinski definition) is 6. The van der Waals surface area contributed by atoms with E-state index in [1.807, 2.05) is 6.07 Å². The number of likely N-dealkylation sites (tertiary alicyclic amines) is 1. The van der Waals surface area contributed by atoms with Crippen molar-refractivity contribution in [3.63, 3.8) is 0 Å². The minimum Gasteiger partial charge on any atom is -0.495 e. The van der Waals surface area contributed by atoms with E-state index < -0.39 is 5.91 Å². The summed E-state index contributed by atoms with van der Waals surface area (Å²) in [5.74, 6) is 1.03. The Hall–Kier alpha value is -3.21. The van der Waals surface area contributed by atoms with E-state index in [4.69, 9.17) is 25.8 Å². The first-order chi connectivity index (χ1) is 16.0. The van der Waals surface area contributed by atoms with Crippen molar-refractivity contribution in [1.82, 2.24) is 4.90 Å². The molecule has 8 heteroatoms. The second-order valence-electron chi connectivity index (χ2n) is 7.63. The summed E-state index contributed by atoms with van der Waals surface area (Å²) < 4.78 is 16.6. The fraction of sp³-hybridized carbons (Fsp3) is 0.360. The highest BCUT2D eigenvalue weighted by Gasteiger charge is 2.15.